The van der Waals surface area contributed by atoms with Crippen molar-refractivity contribution in [1.82, 2.24) is 4.90 Å². The molecule has 0 amide bonds. The number of carbonyl (C=O) groups is 3. The van der Waals surface area contributed by atoms with E-state index in [2.05, 4.69) is 29.2 Å². The number of ether oxygens (including phenoxy) is 9. The standard InChI is InChI=1S/C28H25NO7.C11H12O2.C9H8O3/c30-28-25-26(18-6-8-21-23(14-18)33-12-10-31-21)36-27(19-7-9-22-24(15-19)34-13-11-32-22)29(25)20(16-35-28)17-4-2-1-3-5-17;12-11-7-6-10(8-13-11)9-4-2-1-3-5-9;10-6-7-1-2-8-9(5-7)12-4-3-11-8/h1-9,14-15,20,25-27H,10-13,16H2;1-5,10H,6-8H2;1-2,5-6H,3-4H2/t20-,25?,26-,27+;10-;/m11./s1. The number of cyclic esters (lactones) is 2. The molecule has 0 saturated carbocycles. The number of hydrogen-bond donors (Lipinski definition) is 0. The lowest BCUT2D eigenvalue weighted by molar-refractivity contribution is -0.163. The number of rotatable bonds is 5. The minimum Gasteiger partial charge on any atom is -0.486 e. The van der Waals surface area contributed by atoms with E-state index < -0.39 is 18.4 Å². The molecule has 0 aromatic heterocycles. The lowest BCUT2D eigenvalue weighted by Crippen LogP contribution is -2.49. The van der Waals surface area contributed by atoms with Gasteiger partial charge in [-0.3, -0.25) is 14.4 Å². The van der Waals surface area contributed by atoms with E-state index in [1.807, 2.05) is 72.8 Å². The quantitative estimate of drug-likeness (QED) is 0.129. The summed E-state index contributed by atoms with van der Waals surface area (Å²) in [5, 5.41) is 0. The molecular weight excluding hydrogens is 783 g/mol. The fraction of sp³-hybridized carbons (Fsp3) is 0.312. The first kappa shape index (κ1) is 39.9. The van der Waals surface area contributed by atoms with Gasteiger partial charge in [-0.1, -0.05) is 72.8 Å². The van der Waals surface area contributed by atoms with Gasteiger partial charge >= 0.3 is 11.9 Å². The summed E-state index contributed by atoms with van der Waals surface area (Å²) in [7, 11) is 0. The number of fused-ring (bicyclic) bond motifs is 4. The summed E-state index contributed by atoms with van der Waals surface area (Å²) in [6.45, 7) is 3.93. The molecule has 6 aliphatic heterocycles. The zero-order valence-electron chi connectivity index (χ0n) is 33.4. The lowest BCUT2D eigenvalue weighted by atomic mass is 9.94. The minimum absolute atomic E-state index is 0.0628. The van der Waals surface area contributed by atoms with Gasteiger partial charge in [-0.15, -0.1) is 0 Å². The van der Waals surface area contributed by atoms with Crippen LogP contribution >= 0.6 is 0 Å². The molecule has 3 saturated heterocycles. The van der Waals surface area contributed by atoms with Crippen molar-refractivity contribution in [2.75, 3.05) is 52.9 Å². The zero-order valence-corrected chi connectivity index (χ0v) is 33.4. The molecule has 0 spiro atoms. The fourth-order valence-electron chi connectivity index (χ4n) is 8.19. The molecule has 6 heterocycles. The second kappa shape index (κ2) is 18.4. The molecule has 314 valence electrons. The van der Waals surface area contributed by atoms with E-state index in [1.54, 1.807) is 18.2 Å². The van der Waals surface area contributed by atoms with Gasteiger partial charge in [0.25, 0.3) is 0 Å². The third kappa shape index (κ3) is 8.84. The Bertz CT molecular complexity index is 2330. The summed E-state index contributed by atoms with van der Waals surface area (Å²) in [4.78, 5) is 36.6. The number of esters is 2. The van der Waals surface area contributed by atoms with Gasteiger partial charge < -0.3 is 42.6 Å². The summed E-state index contributed by atoms with van der Waals surface area (Å²) >= 11 is 0. The molecule has 5 aromatic rings. The highest BCUT2D eigenvalue weighted by atomic mass is 16.6. The Hall–Kier alpha value is -6.57. The van der Waals surface area contributed by atoms with Crippen molar-refractivity contribution >= 4 is 18.2 Å². The number of aldehydes is 1. The lowest BCUT2D eigenvalue weighted by Gasteiger charge is -2.39. The van der Waals surface area contributed by atoms with Crippen LogP contribution in [0.4, 0.5) is 0 Å². The Morgan fingerprint density at radius 1 is 0.508 bits per heavy atom. The summed E-state index contributed by atoms with van der Waals surface area (Å²) in [6.07, 6.45) is 1.21. The predicted octanol–water partition coefficient (Wildman–Crippen LogP) is 7.35. The highest BCUT2D eigenvalue weighted by Crippen LogP contribution is 2.51. The third-order valence-electron chi connectivity index (χ3n) is 11.2. The molecule has 11 rings (SSSR count). The van der Waals surface area contributed by atoms with Gasteiger partial charge in [0.05, 0.1) is 12.6 Å². The molecule has 13 nitrogen and oxygen atoms in total. The summed E-state index contributed by atoms with van der Waals surface area (Å²) in [5.74, 6) is 4.14. The van der Waals surface area contributed by atoms with Gasteiger partial charge in [-0.25, -0.2) is 4.90 Å². The van der Waals surface area contributed by atoms with Crippen molar-refractivity contribution in [3.63, 3.8) is 0 Å². The Morgan fingerprint density at radius 3 is 1.64 bits per heavy atom. The summed E-state index contributed by atoms with van der Waals surface area (Å²) in [5.41, 5.74) is 4.66. The van der Waals surface area contributed by atoms with Crippen molar-refractivity contribution in [2.45, 2.75) is 43.2 Å². The van der Waals surface area contributed by atoms with Gasteiger partial charge in [0.2, 0.25) is 0 Å². The van der Waals surface area contributed by atoms with Crippen molar-refractivity contribution in [3.8, 4) is 34.5 Å². The average molecular weight is 828 g/mol. The molecule has 0 aliphatic carbocycles. The van der Waals surface area contributed by atoms with Crippen LogP contribution in [-0.2, 0) is 23.8 Å². The second-order valence-corrected chi connectivity index (χ2v) is 15.0. The van der Waals surface area contributed by atoms with Crippen LogP contribution in [-0.4, -0.2) is 82.0 Å². The van der Waals surface area contributed by atoms with Crippen LogP contribution in [0.15, 0.2) is 115 Å². The van der Waals surface area contributed by atoms with Crippen LogP contribution < -0.4 is 28.4 Å². The first-order chi connectivity index (χ1) is 30.0. The highest BCUT2D eigenvalue weighted by molar-refractivity contribution is 5.79. The van der Waals surface area contributed by atoms with Gasteiger partial charge in [0, 0.05) is 17.9 Å². The zero-order chi connectivity index (χ0) is 41.5. The molecule has 5 aromatic carbocycles. The maximum Gasteiger partial charge on any atom is 0.326 e. The predicted molar refractivity (Wildman–Crippen MR) is 219 cm³/mol. The number of benzene rings is 5. The van der Waals surface area contributed by atoms with Gasteiger partial charge in [-0.05, 0) is 71.1 Å². The maximum atomic E-state index is 13.3. The molecule has 1 unspecified atom stereocenters. The Balaban J connectivity index is 0.000000154. The average Bonchev–Trinajstić information content (AvgIpc) is 3.74. The van der Waals surface area contributed by atoms with Crippen molar-refractivity contribution in [1.29, 1.82) is 0 Å². The van der Waals surface area contributed by atoms with Gasteiger partial charge in [-0.2, -0.15) is 0 Å². The molecule has 0 N–H and O–H groups in total. The maximum absolute atomic E-state index is 13.3. The second-order valence-electron chi connectivity index (χ2n) is 15.0. The Morgan fingerprint density at radius 2 is 1.05 bits per heavy atom. The van der Waals surface area contributed by atoms with Crippen LogP contribution in [0.2, 0.25) is 0 Å². The Kier molecular flexibility index (Phi) is 12.0. The third-order valence-corrected chi connectivity index (χ3v) is 11.2. The van der Waals surface area contributed by atoms with E-state index in [4.69, 9.17) is 42.6 Å². The largest absolute Gasteiger partial charge is 0.486 e. The molecule has 61 heavy (non-hydrogen) atoms. The molecule has 0 bridgehead atoms. The van der Waals surface area contributed by atoms with Crippen molar-refractivity contribution < 1.29 is 57.0 Å². The van der Waals surface area contributed by atoms with Crippen LogP contribution in [0.5, 0.6) is 34.5 Å². The monoisotopic (exact) mass is 827 g/mol. The highest BCUT2D eigenvalue weighted by Gasteiger charge is 2.54. The van der Waals surface area contributed by atoms with Crippen LogP contribution in [0.25, 0.3) is 0 Å². The molecule has 0 radical (unpaired) electrons. The fourth-order valence-corrected chi connectivity index (χ4v) is 8.19. The van der Waals surface area contributed by atoms with E-state index in [0.717, 1.165) is 29.4 Å². The smallest absolute Gasteiger partial charge is 0.326 e. The summed E-state index contributed by atoms with van der Waals surface area (Å²) in [6, 6.07) is 36.2. The van der Waals surface area contributed by atoms with Crippen LogP contribution in [0.3, 0.4) is 0 Å². The first-order valence-corrected chi connectivity index (χ1v) is 20.5. The topological polar surface area (TPSA) is 138 Å². The van der Waals surface area contributed by atoms with Crippen molar-refractivity contribution in [2.24, 2.45) is 0 Å². The number of hydrogen-bond acceptors (Lipinski definition) is 13. The Labute approximate surface area is 352 Å². The first-order valence-electron chi connectivity index (χ1n) is 20.5. The summed E-state index contributed by atoms with van der Waals surface area (Å²) < 4.78 is 51.1. The van der Waals surface area contributed by atoms with E-state index in [9.17, 15) is 14.4 Å². The molecule has 3 fully saturated rings. The van der Waals surface area contributed by atoms with Gasteiger partial charge in [0.1, 0.15) is 70.9 Å². The van der Waals surface area contributed by atoms with E-state index in [0.29, 0.717) is 98.6 Å². The van der Waals surface area contributed by atoms with E-state index in [1.165, 1.54) is 5.56 Å². The van der Waals surface area contributed by atoms with Crippen LogP contribution in [0, 0.1) is 0 Å². The van der Waals surface area contributed by atoms with E-state index >= 15 is 0 Å². The van der Waals surface area contributed by atoms with Crippen molar-refractivity contribution in [3.05, 3.63) is 143 Å². The van der Waals surface area contributed by atoms with Gasteiger partial charge in [0.15, 0.2) is 34.5 Å². The SMILES string of the molecule is O=C1CC[C@@H](c2ccccc2)CO1.O=C1OC[C@H](c2ccccc2)N2C1[C@@H](c1ccc3c(c1)OCCO3)O[C@H]2c1ccc2c(c1)OCCO2.O=Cc1ccc2c(c1)OCCO2. The molecule has 5 atom stereocenters. The normalized spacial score (nSPS) is 23.3. The van der Waals surface area contributed by atoms with E-state index in [-0.39, 0.29) is 24.6 Å². The molecule has 6 aliphatic rings. The molecular formula is C48H45NO12. The number of nitrogens with zero attached hydrogens (tertiary/aromatic N) is 1. The number of carbonyl (C=O) groups excluding carboxylic acids is 3. The minimum atomic E-state index is -0.635. The molecule has 13 heteroatoms. The number of morpholine rings is 1. The van der Waals surface area contributed by atoms with Crippen LogP contribution in [0.1, 0.15) is 69.7 Å².